The Morgan fingerprint density at radius 3 is 2.75 bits per heavy atom. The van der Waals surface area contributed by atoms with Crippen LogP contribution in [-0.4, -0.2) is 41.4 Å². The van der Waals surface area contributed by atoms with Crippen LogP contribution in [0.25, 0.3) is 0 Å². The van der Waals surface area contributed by atoms with Crippen LogP contribution in [-0.2, 0) is 0 Å². The Hall–Kier alpha value is -0.610. The second kappa shape index (κ2) is 6.86. The third kappa shape index (κ3) is 4.10. The Labute approximate surface area is 101 Å². The molecule has 4 heteroatoms. The van der Waals surface area contributed by atoms with Gasteiger partial charge in [-0.3, -0.25) is 4.90 Å². The molecule has 0 bridgehead atoms. The van der Waals surface area contributed by atoms with Crippen molar-refractivity contribution in [1.29, 1.82) is 0 Å². The van der Waals surface area contributed by atoms with Crippen molar-refractivity contribution in [1.82, 2.24) is 4.90 Å². The molecule has 0 aromatic heterocycles. The molecule has 0 amide bonds. The van der Waals surface area contributed by atoms with Gasteiger partial charge in [0.1, 0.15) is 0 Å². The van der Waals surface area contributed by atoms with Crippen LogP contribution in [0.5, 0.6) is 0 Å². The molecule has 0 saturated heterocycles. The van der Waals surface area contributed by atoms with Gasteiger partial charge in [-0.25, -0.2) is 0 Å². The molecule has 1 unspecified atom stereocenters. The maximum atomic E-state index is 9.99. The third-order valence-corrected chi connectivity index (χ3v) is 2.76. The highest BCUT2D eigenvalue weighted by atomic mass is 35.5. The van der Waals surface area contributed by atoms with Gasteiger partial charge in [0.05, 0.1) is 12.7 Å². The quantitative estimate of drug-likeness (QED) is 0.799. The van der Waals surface area contributed by atoms with Gasteiger partial charge in [-0.05, 0) is 24.2 Å². The number of nitrogens with zero attached hydrogens (tertiary/aromatic N) is 1. The molecule has 1 aromatic carbocycles. The summed E-state index contributed by atoms with van der Waals surface area (Å²) in [6.07, 6.45) is -0.565. The van der Waals surface area contributed by atoms with Gasteiger partial charge in [0.15, 0.2) is 0 Å². The summed E-state index contributed by atoms with van der Waals surface area (Å²) in [5.74, 6) is 0. The van der Waals surface area contributed by atoms with E-state index in [1.807, 2.05) is 24.0 Å². The summed E-state index contributed by atoms with van der Waals surface area (Å²) in [6.45, 7) is 4.00. The first kappa shape index (κ1) is 13.5. The zero-order chi connectivity index (χ0) is 12.0. The molecule has 2 N–H and O–H groups in total. The number of hydrogen-bond acceptors (Lipinski definition) is 3. The second-order valence-electron chi connectivity index (χ2n) is 3.69. The smallest absolute Gasteiger partial charge is 0.0917 e. The van der Waals surface area contributed by atoms with Crippen molar-refractivity contribution >= 4 is 11.6 Å². The molecule has 90 valence electrons. The largest absolute Gasteiger partial charge is 0.395 e. The van der Waals surface area contributed by atoms with Crippen LogP contribution in [0.4, 0.5) is 0 Å². The first-order valence-electron chi connectivity index (χ1n) is 5.44. The van der Waals surface area contributed by atoms with Gasteiger partial charge < -0.3 is 10.2 Å². The van der Waals surface area contributed by atoms with Crippen LogP contribution in [0.3, 0.4) is 0 Å². The SMILES string of the molecule is CCN(CCO)CC(O)c1cccc(Cl)c1. The molecule has 0 heterocycles. The maximum Gasteiger partial charge on any atom is 0.0917 e. The molecule has 0 radical (unpaired) electrons. The summed E-state index contributed by atoms with van der Waals surface area (Å²) in [5, 5.41) is 19.5. The van der Waals surface area contributed by atoms with Crippen molar-refractivity contribution in [2.75, 3.05) is 26.2 Å². The van der Waals surface area contributed by atoms with Gasteiger partial charge in [0.25, 0.3) is 0 Å². The van der Waals surface area contributed by atoms with Crippen molar-refractivity contribution in [2.24, 2.45) is 0 Å². The average molecular weight is 244 g/mol. The Kier molecular flexibility index (Phi) is 5.77. The first-order chi connectivity index (χ1) is 7.67. The van der Waals surface area contributed by atoms with E-state index in [9.17, 15) is 5.11 Å². The highest BCUT2D eigenvalue weighted by Gasteiger charge is 2.12. The van der Waals surface area contributed by atoms with Crippen LogP contribution in [0.1, 0.15) is 18.6 Å². The highest BCUT2D eigenvalue weighted by Crippen LogP contribution is 2.18. The Balaban J connectivity index is 2.60. The molecule has 3 nitrogen and oxygen atoms in total. The van der Waals surface area contributed by atoms with E-state index < -0.39 is 6.10 Å². The lowest BCUT2D eigenvalue weighted by molar-refractivity contribution is 0.103. The van der Waals surface area contributed by atoms with E-state index in [1.54, 1.807) is 12.1 Å². The highest BCUT2D eigenvalue weighted by molar-refractivity contribution is 6.30. The van der Waals surface area contributed by atoms with Crippen molar-refractivity contribution in [3.05, 3.63) is 34.9 Å². The lowest BCUT2D eigenvalue weighted by Gasteiger charge is -2.22. The van der Waals surface area contributed by atoms with Gasteiger partial charge in [0, 0.05) is 18.1 Å². The van der Waals surface area contributed by atoms with E-state index in [0.717, 1.165) is 12.1 Å². The summed E-state index contributed by atoms with van der Waals surface area (Å²) in [5.41, 5.74) is 0.809. The molecule has 0 spiro atoms. The zero-order valence-electron chi connectivity index (χ0n) is 9.43. The van der Waals surface area contributed by atoms with Gasteiger partial charge in [0.2, 0.25) is 0 Å². The average Bonchev–Trinajstić information content (AvgIpc) is 2.28. The summed E-state index contributed by atoms with van der Waals surface area (Å²) in [4.78, 5) is 1.99. The van der Waals surface area contributed by atoms with E-state index in [4.69, 9.17) is 16.7 Å². The van der Waals surface area contributed by atoms with Crippen LogP contribution in [0.15, 0.2) is 24.3 Å². The monoisotopic (exact) mass is 243 g/mol. The minimum Gasteiger partial charge on any atom is -0.395 e. The minimum atomic E-state index is -0.565. The lowest BCUT2D eigenvalue weighted by Crippen LogP contribution is -2.31. The molecule has 1 rings (SSSR count). The van der Waals surface area contributed by atoms with Crippen molar-refractivity contribution < 1.29 is 10.2 Å². The Morgan fingerprint density at radius 1 is 1.44 bits per heavy atom. The number of hydrogen-bond donors (Lipinski definition) is 2. The van der Waals surface area contributed by atoms with Crippen LogP contribution >= 0.6 is 11.6 Å². The maximum absolute atomic E-state index is 9.99. The van der Waals surface area contributed by atoms with Crippen molar-refractivity contribution in [3.63, 3.8) is 0 Å². The standard InChI is InChI=1S/C12H18ClNO2/c1-2-14(6-7-15)9-12(16)10-4-3-5-11(13)8-10/h3-5,8,12,15-16H,2,6-7,9H2,1H3. The molecule has 1 atom stereocenters. The summed E-state index contributed by atoms with van der Waals surface area (Å²) in [7, 11) is 0. The molecule has 16 heavy (non-hydrogen) atoms. The number of aliphatic hydroxyl groups is 2. The van der Waals surface area contributed by atoms with Gasteiger partial charge in [-0.1, -0.05) is 30.7 Å². The first-order valence-corrected chi connectivity index (χ1v) is 5.82. The predicted octanol–water partition coefficient (Wildman–Crippen LogP) is 1.69. The van der Waals surface area contributed by atoms with E-state index in [1.165, 1.54) is 0 Å². The van der Waals surface area contributed by atoms with Gasteiger partial charge >= 0.3 is 0 Å². The summed E-state index contributed by atoms with van der Waals surface area (Å²) >= 11 is 5.86. The molecule has 0 saturated carbocycles. The molecule has 1 aromatic rings. The van der Waals surface area contributed by atoms with Crippen molar-refractivity contribution in [2.45, 2.75) is 13.0 Å². The number of halogens is 1. The van der Waals surface area contributed by atoms with E-state index >= 15 is 0 Å². The zero-order valence-corrected chi connectivity index (χ0v) is 10.2. The van der Waals surface area contributed by atoms with E-state index in [-0.39, 0.29) is 6.61 Å². The van der Waals surface area contributed by atoms with Crippen molar-refractivity contribution in [3.8, 4) is 0 Å². The fourth-order valence-corrected chi connectivity index (χ4v) is 1.78. The normalized spacial score (nSPS) is 13.1. The number of benzene rings is 1. The molecule has 0 fully saturated rings. The summed E-state index contributed by atoms with van der Waals surface area (Å²) in [6, 6.07) is 7.22. The number of aliphatic hydroxyl groups excluding tert-OH is 2. The van der Waals surface area contributed by atoms with Gasteiger partial charge in [-0.2, -0.15) is 0 Å². The molecule has 0 aliphatic rings. The molecular weight excluding hydrogens is 226 g/mol. The molecular formula is C12H18ClNO2. The number of likely N-dealkylation sites (N-methyl/N-ethyl adjacent to an activating group) is 1. The lowest BCUT2D eigenvalue weighted by atomic mass is 10.1. The molecule has 0 aliphatic heterocycles. The minimum absolute atomic E-state index is 0.107. The fraction of sp³-hybridized carbons (Fsp3) is 0.500. The predicted molar refractivity (Wildman–Crippen MR) is 65.6 cm³/mol. The van der Waals surface area contributed by atoms with E-state index in [2.05, 4.69) is 0 Å². The van der Waals surface area contributed by atoms with E-state index in [0.29, 0.717) is 18.1 Å². The Morgan fingerprint density at radius 2 is 2.19 bits per heavy atom. The molecule has 0 aliphatic carbocycles. The Bertz CT molecular complexity index is 320. The second-order valence-corrected chi connectivity index (χ2v) is 4.12. The fourth-order valence-electron chi connectivity index (χ4n) is 1.58. The van der Waals surface area contributed by atoms with Crippen LogP contribution < -0.4 is 0 Å². The van der Waals surface area contributed by atoms with Crippen LogP contribution in [0, 0.1) is 0 Å². The summed E-state index contributed by atoms with van der Waals surface area (Å²) < 4.78 is 0. The third-order valence-electron chi connectivity index (χ3n) is 2.53. The van der Waals surface area contributed by atoms with Crippen LogP contribution in [0.2, 0.25) is 5.02 Å². The number of rotatable bonds is 6. The topological polar surface area (TPSA) is 43.7 Å². The van der Waals surface area contributed by atoms with Gasteiger partial charge in [-0.15, -0.1) is 0 Å².